The van der Waals surface area contributed by atoms with Crippen LogP contribution in [0.3, 0.4) is 0 Å². The fourth-order valence-electron chi connectivity index (χ4n) is 3.60. The zero-order valence-corrected chi connectivity index (χ0v) is 22.7. The lowest BCUT2D eigenvalue weighted by atomic mass is 10.1. The van der Waals surface area contributed by atoms with Gasteiger partial charge in [0.15, 0.2) is 0 Å². The van der Waals surface area contributed by atoms with Crippen LogP contribution in [-0.4, -0.2) is 50.5 Å². The van der Waals surface area contributed by atoms with E-state index in [0.29, 0.717) is 18.7 Å². The van der Waals surface area contributed by atoms with Crippen molar-refractivity contribution < 1.29 is 18.0 Å². The third-order valence-electron chi connectivity index (χ3n) is 5.52. The van der Waals surface area contributed by atoms with Crippen molar-refractivity contribution >= 4 is 43.5 Å². The van der Waals surface area contributed by atoms with Crippen molar-refractivity contribution in [2.45, 2.75) is 52.6 Å². The van der Waals surface area contributed by atoms with E-state index in [1.54, 1.807) is 18.2 Å². The van der Waals surface area contributed by atoms with E-state index in [2.05, 4.69) is 21.2 Å². The SMILES string of the molecule is CCCCNC(=O)[C@H](CC)N(Cc1ccccc1)C(=O)CN(c1ccc(Br)c(C)c1)S(C)(=O)=O. The molecule has 0 fully saturated rings. The zero-order chi connectivity index (χ0) is 25.3. The first kappa shape index (κ1) is 27.9. The Bertz CT molecular complexity index is 1080. The number of hydrogen-bond donors (Lipinski definition) is 1. The molecular formula is C25H34BrN3O4S. The fourth-order valence-corrected chi connectivity index (χ4v) is 4.69. The molecule has 0 heterocycles. The molecule has 0 aliphatic rings. The van der Waals surface area contributed by atoms with E-state index in [0.717, 1.165) is 39.0 Å². The van der Waals surface area contributed by atoms with Gasteiger partial charge in [0.05, 0.1) is 11.9 Å². The van der Waals surface area contributed by atoms with Crippen molar-refractivity contribution in [2.24, 2.45) is 0 Å². The molecule has 1 atom stereocenters. The quantitative estimate of drug-likeness (QED) is 0.399. The summed E-state index contributed by atoms with van der Waals surface area (Å²) in [6.45, 7) is 6.08. The van der Waals surface area contributed by atoms with Gasteiger partial charge in [-0.05, 0) is 49.1 Å². The number of halogens is 1. The number of carbonyl (C=O) groups excluding carboxylic acids is 2. The summed E-state index contributed by atoms with van der Waals surface area (Å²) in [5.41, 5.74) is 2.11. The van der Waals surface area contributed by atoms with Crippen LogP contribution in [0.4, 0.5) is 5.69 Å². The first-order chi connectivity index (χ1) is 16.1. The molecule has 34 heavy (non-hydrogen) atoms. The maximum atomic E-state index is 13.6. The lowest BCUT2D eigenvalue weighted by molar-refractivity contribution is -0.140. The minimum Gasteiger partial charge on any atom is -0.354 e. The van der Waals surface area contributed by atoms with Gasteiger partial charge in [0, 0.05) is 17.6 Å². The number of aryl methyl sites for hydroxylation is 1. The highest BCUT2D eigenvalue weighted by atomic mass is 79.9. The summed E-state index contributed by atoms with van der Waals surface area (Å²) in [6.07, 6.45) is 3.28. The van der Waals surface area contributed by atoms with E-state index in [4.69, 9.17) is 0 Å². The van der Waals surface area contributed by atoms with E-state index < -0.39 is 28.5 Å². The van der Waals surface area contributed by atoms with Gasteiger partial charge in [-0.15, -0.1) is 0 Å². The van der Waals surface area contributed by atoms with Crippen LogP contribution in [0.25, 0.3) is 0 Å². The molecule has 0 aliphatic carbocycles. The Morgan fingerprint density at radius 2 is 1.76 bits per heavy atom. The van der Waals surface area contributed by atoms with Crippen molar-refractivity contribution in [1.82, 2.24) is 10.2 Å². The summed E-state index contributed by atoms with van der Waals surface area (Å²) >= 11 is 3.42. The highest BCUT2D eigenvalue weighted by Crippen LogP contribution is 2.25. The monoisotopic (exact) mass is 551 g/mol. The normalized spacial score (nSPS) is 12.1. The molecule has 0 aliphatic heterocycles. The predicted molar refractivity (Wildman–Crippen MR) is 140 cm³/mol. The van der Waals surface area contributed by atoms with Crippen molar-refractivity contribution in [3.63, 3.8) is 0 Å². The second-order valence-electron chi connectivity index (χ2n) is 8.28. The van der Waals surface area contributed by atoms with E-state index in [9.17, 15) is 18.0 Å². The average molecular weight is 553 g/mol. The van der Waals surface area contributed by atoms with Crippen LogP contribution in [0.15, 0.2) is 53.0 Å². The Morgan fingerprint density at radius 1 is 1.09 bits per heavy atom. The van der Waals surface area contributed by atoms with Crippen LogP contribution in [0.2, 0.25) is 0 Å². The number of amides is 2. The molecule has 0 aromatic heterocycles. The maximum absolute atomic E-state index is 13.6. The van der Waals surface area contributed by atoms with Crippen molar-refractivity contribution in [3.05, 3.63) is 64.1 Å². The van der Waals surface area contributed by atoms with Gasteiger partial charge >= 0.3 is 0 Å². The molecule has 0 saturated carbocycles. The van der Waals surface area contributed by atoms with Crippen molar-refractivity contribution in [1.29, 1.82) is 0 Å². The van der Waals surface area contributed by atoms with Crippen LogP contribution < -0.4 is 9.62 Å². The third-order valence-corrected chi connectivity index (χ3v) is 7.55. The van der Waals surface area contributed by atoms with Crippen LogP contribution in [-0.2, 0) is 26.2 Å². The summed E-state index contributed by atoms with van der Waals surface area (Å²) in [5.74, 6) is -0.669. The van der Waals surface area contributed by atoms with Crippen molar-refractivity contribution in [2.75, 3.05) is 23.7 Å². The smallest absolute Gasteiger partial charge is 0.244 e. The van der Waals surface area contributed by atoms with Crippen LogP contribution >= 0.6 is 15.9 Å². The summed E-state index contributed by atoms with van der Waals surface area (Å²) < 4.78 is 27.2. The molecule has 2 aromatic carbocycles. The first-order valence-corrected chi connectivity index (χ1v) is 14.1. The number of carbonyl (C=O) groups is 2. The second-order valence-corrected chi connectivity index (χ2v) is 11.0. The number of rotatable bonds is 12. The van der Waals surface area contributed by atoms with E-state index >= 15 is 0 Å². The molecule has 0 bridgehead atoms. The number of hydrogen-bond acceptors (Lipinski definition) is 4. The molecule has 2 rings (SSSR count). The topological polar surface area (TPSA) is 86.8 Å². The molecule has 0 spiro atoms. The first-order valence-electron chi connectivity index (χ1n) is 11.4. The maximum Gasteiger partial charge on any atom is 0.244 e. The fraction of sp³-hybridized carbons (Fsp3) is 0.440. The average Bonchev–Trinajstić information content (AvgIpc) is 2.79. The molecule has 9 heteroatoms. The predicted octanol–water partition coefficient (Wildman–Crippen LogP) is 4.25. The van der Waals surface area contributed by atoms with Gasteiger partial charge in [0.1, 0.15) is 12.6 Å². The molecule has 0 unspecified atom stereocenters. The molecule has 0 saturated heterocycles. The van der Waals surface area contributed by atoms with Gasteiger partial charge in [-0.3, -0.25) is 13.9 Å². The van der Waals surface area contributed by atoms with Gasteiger partial charge in [0.25, 0.3) is 0 Å². The number of anilines is 1. The van der Waals surface area contributed by atoms with Gasteiger partial charge in [-0.1, -0.05) is 66.5 Å². The minimum atomic E-state index is -3.75. The lowest BCUT2D eigenvalue weighted by Gasteiger charge is -2.33. The largest absolute Gasteiger partial charge is 0.354 e. The Morgan fingerprint density at radius 3 is 2.32 bits per heavy atom. The summed E-state index contributed by atoms with van der Waals surface area (Å²) in [5, 5.41) is 2.91. The molecule has 186 valence electrons. The molecule has 2 aromatic rings. The van der Waals surface area contributed by atoms with E-state index in [1.165, 1.54) is 4.90 Å². The van der Waals surface area contributed by atoms with E-state index in [1.807, 2.05) is 51.1 Å². The molecule has 2 amide bonds. The highest BCUT2D eigenvalue weighted by molar-refractivity contribution is 9.10. The zero-order valence-electron chi connectivity index (χ0n) is 20.3. The van der Waals surface area contributed by atoms with Gasteiger partial charge in [0.2, 0.25) is 21.8 Å². The Hall–Kier alpha value is -2.39. The van der Waals surface area contributed by atoms with Crippen LogP contribution in [0.5, 0.6) is 0 Å². The molecule has 1 N–H and O–H groups in total. The molecular weight excluding hydrogens is 518 g/mol. The summed E-state index contributed by atoms with van der Waals surface area (Å²) in [4.78, 5) is 28.1. The Labute approximate surface area is 211 Å². The Kier molecular flexibility index (Phi) is 10.6. The van der Waals surface area contributed by atoms with Crippen LogP contribution in [0.1, 0.15) is 44.2 Å². The number of benzene rings is 2. The number of nitrogens with one attached hydrogen (secondary N) is 1. The molecule has 0 radical (unpaired) electrons. The van der Waals surface area contributed by atoms with E-state index in [-0.39, 0.29) is 12.5 Å². The van der Waals surface area contributed by atoms with Gasteiger partial charge < -0.3 is 10.2 Å². The second kappa shape index (κ2) is 12.9. The third kappa shape index (κ3) is 7.84. The minimum absolute atomic E-state index is 0.205. The Balaban J connectivity index is 2.39. The van der Waals surface area contributed by atoms with Crippen LogP contribution in [0, 0.1) is 6.92 Å². The standard InChI is InChI=1S/C25H34BrN3O4S/c1-5-7-15-27-25(31)23(6-2)28(17-20-11-9-8-10-12-20)24(30)18-29(34(4,32)33)21-13-14-22(26)19(3)16-21/h8-14,16,23H,5-7,15,17-18H2,1-4H3,(H,27,31)/t23-/m0/s1. The summed E-state index contributed by atoms with van der Waals surface area (Å²) in [6, 6.07) is 13.8. The highest BCUT2D eigenvalue weighted by Gasteiger charge is 2.31. The summed E-state index contributed by atoms with van der Waals surface area (Å²) in [7, 11) is -3.75. The van der Waals surface area contributed by atoms with Gasteiger partial charge in [-0.25, -0.2) is 8.42 Å². The van der Waals surface area contributed by atoms with Gasteiger partial charge in [-0.2, -0.15) is 0 Å². The molecule has 7 nitrogen and oxygen atoms in total. The number of sulfonamides is 1. The lowest BCUT2D eigenvalue weighted by Crippen LogP contribution is -2.52. The number of unbranched alkanes of at least 4 members (excludes halogenated alkanes) is 1. The number of nitrogens with zero attached hydrogens (tertiary/aromatic N) is 2. The van der Waals surface area contributed by atoms with Crippen molar-refractivity contribution in [3.8, 4) is 0 Å².